The molecule has 1 aromatic rings. The summed E-state index contributed by atoms with van der Waals surface area (Å²) in [5.41, 5.74) is 1.32. The lowest BCUT2D eigenvalue weighted by Gasteiger charge is -2.30. The molecule has 6 nitrogen and oxygen atoms in total. The molecule has 1 atom stereocenters. The maximum atomic E-state index is 11.9. The van der Waals surface area contributed by atoms with Gasteiger partial charge in [0.05, 0.1) is 12.5 Å². The van der Waals surface area contributed by atoms with Crippen LogP contribution in [0, 0.1) is 5.92 Å². The molecule has 1 fully saturated rings. The number of guanidine groups is 1. The SMILES string of the molecule is CCOC(=O)C1CCC(NC(=NC)NCC(C)N(C)Cc2ccccc2)CC1. The maximum absolute atomic E-state index is 11.9. The molecular weight excluding hydrogens is 352 g/mol. The topological polar surface area (TPSA) is 66.0 Å². The quantitative estimate of drug-likeness (QED) is 0.407. The van der Waals surface area contributed by atoms with Gasteiger partial charge in [-0.2, -0.15) is 0 Å². The molecule has 1 saturated carbocycles. The van der Waals surface area contributed by atoms with Gasteiger partial charge in [-0.1, -0.05) is 30.3 Å². The van der Waals surface area contributed by atoms with Gasteiger partial charge in [-0.25, -0.2) is 0 Å². The van der Waals surface area contributed by atoms with E-state index in [0.717, 1.165) is 44.7 Å². The molecule has 2 rings (SSSR count). The van der Waals surface area contributed by atoms with Crippen LogP contribution in [0.4, 0.5) is 0 Å². The predicted molar refractivity (Wildman–Crippen MR) is 114 cm³/mol. The van der Waals surface area contributed by atoms with Crippen molar-refractivity contribution < 1.29 is 9.53 Å². The molecule has 0 saturated heterocycles. The van der Waals surface area contributed by atoms with Crippen molar-refractivity contribution in [2.75, 3.05) is 27.2 Å². The molecule has 0 aromatic heterocycles. The Labute approximate surface area is 169 Å². The number of rotatable bonds is 8. The summed E-state index contributed by atoms with van der Waals surface area (Å²) < 4.78 is 5.15. The zero-order valence-corrected chi connectivity index (χ0v) is 17.8. The second kappa shape index (κ2) is 11.7. The van der Waals surface area contributed by atoms with Crippen molar-refractivity contribution in [3.05, 3.63) is 35.9 Å². The lowest BCUT2D eigenvalue weighted by atomic mass is 9.86. The van der Waals surface area contributed by atoms with E-state index < -0.39 is 0 Å². The van der Waals surface area contributed by atoms with Crippen molar-refractivity contribution in [3.8, 4) is 0 Å². The number of benzene rings is 1. The normalized spacial score (nSPS) is 21.2. The Morgan fingerprint density at radius 2 is 1.93 bits per heavy atom. The van der Waals surface area contributed by atoms with Gasteiger partial charge in [-0.15, -0.1) is 0 Å². The number of hydrogen-bond acceptors (Lipinski definition) is 4. The molecule has 6 heteroatoms. The Hall–Kier alpha value is -2.08. The first-order valence-electron chi connectivity index (χ1n) is 10.4. The highest BCUT2D eigenvalue weighted by Crippen LogP contribution is 2.25. The van der Waals surface area contributed by atoms with Crippen molar-refractivity contribution in [3.63, 3.8) is 0 Å². The van der Waals surface area contributed by atoms with Crippen LogP contribution in [-0.2, 0) is 16.1 Å². The predicted octanol–water partition coefficient (Wildman–Crippen LogP) is 2.79. The summed E-state index contributed by atoms with van der Waals surface area (Å²) >= 11 is 0. The fourth-order valence-corrected chi connectivity index (χ4v) is 3.55. The van der Waals surface area contributed by atoms with Crippen molar-refractivity contribution in [2.24, 2.45) is 10.9 Å². The largest absolute Gasteiger partial charge is 0.466 e. The van der Waals surface area contributed by atoms with Crippen molar-refractivity contribution >= 4 is 11.9 Å². The molecule has 28 heavy (non-hydrogen) atoms. The molecule has 0 radical (unpaired) electrons. The molecule has 2 N–H and O–H groups in total. The second-order valence-electron chi connectivity index (χ2n) is 7.65. The Morgan fingerprint density at radius 3 is 2.54 bits per heavy atom. The van der Waals surface area contributed by atoms with Crippen LogP contribution in [0.2, 0.25) is 0 Å². The average Bonchev–Trinajstić information content (AvgIpc) is 2.72. The molecule has 0 bridgehead atoms. The van der Waals surface area contributed by atoms with Crippen molar-refractivity contribution in [1.29, 1.82) is 0 Å². The third kappa shape index (κ3) is 7.15. The lowest BCUT2D eigenvalue weighted by molar-refractivity contribution is -0.149. The van der Waals surface area contributed by atoms with Gasteiger partial charge in [0.2, 0.25) is 0 Å². The number of nitrogens with one attached hydrogen (secondary N) is 2. The van der Waals surface area contributed by atoms with Crippen molar-refractivity contribution in [1.82, 2.24) is 15.5 Å². The van der Waals surface area contributed by atoms with Crippen LogP contribution >= 0.6 is 0 Å². The van der Waals surface area contributed by atoms with Crippen LogP contribution in [0.25, 0.3) is 0 Å². The van der Waals surface area contributed by atoms with E-state index >= 15 is 0 Å². The van der Waals surface area contributed by atoms with Gasteiger partial charge in [0.25, 0.3) is 0 Å². The van der Waals surface area contributed by atoms with E-state index in [1.165, 1.54) is 5.56 Å². The summed E-state index contributed by atoms with van der Waals surface area (Å²) in [4.78, 5) is 18.6. The summed E-state index contributed by atoms with van der Waals surface area (Å²) in [6.45, 7) is 6.28. The van der Waals surface area contributed by atoms with E-state index in [9.17, 15) is 4.79 Å². The van der Waals surface area contributed by atoms with Gasteiger partial charge in [-0.3, -0.25) is 14.7 Å². The maximum Gasteiger partial charge on any atom is 0.308 e. The zero-order valence-electron chi connectivity index (χ0n) is 17.8. The van der Waals surface area contributed by atoms with Crippen LogP contribution in [0.15, 0.2) is 35.3 Å². The van der Waals surface area contributed by atoms with Gasteiger partial charge in [0.15, 0.2) is 5.96 Å². The smallest absolute Gasteiger partial charge is 0.308 e. The molecule has 1 aliphatic carbocycles. The summed E-state index contributed by atoms with van der Waals surface area (Å²) in [5, 5.41) is 6.95. The standard InChI is InChI=1S/C22H36N4O2/c1-5-28-21(27)19-11-13-20(14-12-19)25-22(23-3)24-15-17(2)26(4)16-18-9-7-6-8-10-18/h6-10,17,19-20H,5,11-16H2,1-4H3,(H2,23,24,25). The molecule has 0 heterocycles. The van der Waals surface area contributed by atoms with E-state index in [0.29, 0.717) is 18.7 Å². The van der Waals surface area contributed by atoms with Crippen LogP contribution in [0.1, 0.15) is 45.1 Å². The number of nitrogens with zero attached hydrogens (tertiary/aromatic N) is 2. The number of carbonyl (C=O) groups is 1. The molecule has 0 spiro atoms. The molecule has 0 amide bonds. The van der Waals surface area contributed by atoms with Crippen LogP contribution in [0.5, 0.6) is 0 Å². The number of carbonyl (C=O) groups excluding carboxylic acids is 1. The first kappa shape index (κ1) is 22.2. The molecule has 1 aliphatic rings. The minimum atomic E-state index is -0.0428. The zero-order chi connectivity index (χ0) is 20.4. The number of aliphatic imine (C=N–C) groups is 1. The number of likely N-dealkylation sites (N-methyl/N-ethyl adjacent to an activating group) is 1. The van der Waals surface area contributed by atoms with Crippen molar-refractivity contribution in [2.45, 2.75) is 58.2 Å². The Bertz CT molecular complexity index is 612. The van der Waals surface area contributed by atoms with E-state index in [1.807, 2.05) is 13.0 Å². The minimum absolute atomic E-state index is 0.0428. The van der Waals surface area contributed by atoms with Gasteiger partial charge < -0.3 is 15.4 Å². The monoisotopic (exact) mass is 388 g/mol. The Kier molecular flexibility index (Phi) is 9.28. The van der Waals surface area contributed by atoms with Gasteiger partial charge in [0, 0.05) is 32.2 Å². The fraction of sp³-hybridized carbons (Fsp3) is 0.636. The molecule has 0 aliphatic heterocycles. The number of ether oxygens (including phenoxy) is 1. The first-order chi connectivity index (χ1) is 13.5. The summed E-state index contributed by atoms with van der Waals surface area (Å²) in [7, 11) is 3.95. The first-order valence-corrected chi connectivity index (χ1v) is 10.4. The van der Waals surface area contributed by atoms with Crippen LogP contribution in [-0.4, -0.2) is 56.2 Å². The van der Waals surface area contributed by atoms with E-state index in [-0.39, 0.29) is 11.9 Å². The number of hydrogen-bond donors (Lipinski definition) is 2. The second-order valence-corrected chi connectivity index (χ2v) is 7.65. The fourth-order valence-electron chi connectivity index (χ4n) is 3.55. The Morgan fingerprint density at radius 1 is 1.25 bits per heavy atom. The lowest BCUT2D eigenvalue weighted by Crippen LogP contribution is -2.48. The molecular formula is C22H36N4O2. The van der Waals surface area contributed by atoms with Gasteiger partial charge >= 0.3 is 5.97 Å². The van der Waals surface area contributed by atoms with Crippen LogP contribution < -0.4 is 10.6 Å². The van der Waals surface area contributed by atoms with Crippen LogP contribution in [0.3, 0.4) is 0 Å². The third-order valence-corrected chi connectivity index (χ3v) is 5.50. The Balaban J connectivity index is 1.72. The third-order valence-electron chi connectivity index (χ3n) is 5.50. The summed E-state index contributed by atoms with van der Waals surface area (Å²) in [6, 6.07) is 11.2. The summed E-state index contributed by atoms with van der Waals surface area (Å²) in [6.07, 6.45) is 3.69. The number of esters is 1. The molecule has 1 unspecified atom stereocenters. The van der Waals surface area contributed by atoms with Gasteiger partial charge in [0.1, 0.15) is 0 Å². The average molecular weight is 389 g/mol. The van der Waals surface area contributed by atoms with E-state index in [1.54, 1.807) is 7.05 Å². The summed E-state index contributed by atoms with van der Waals surface area (Å²) in [5.74, 6) is 0.845. The molecule has 156 valence electrons. The van der Waals surface area contributed by atoms with E-state index in [4.69, 9.17) is 4.74 Å². The minimum Gasteiger partial charge on any atom is -0.466 e. The highest BCUT2D eigenvalue weighted by molar-refractivity contribution is 5.80. The molecule has 1 aromatic carbocycles. The highest BCUT2D eigenvalue weighted by atomic mass is 16.5. The van der Waals surface area contributed by atoms with Gasteiger partial charge in [-0.05, 0) is 52.1 Å². The van der Waals surface area contributed by atoms with E-state index in [2.05, 4.69) is 58.8 Å². The highest BCUT2D eigenvalue weighted by Gasteiger charge is 2.27.